The third-order valence-corrected chi connectivity index (χ3v) is 6.36. The standard InChI is InChI=1S/C29H31F3N4O3/c30-29(31,32)25-9-6-23(7-10-25)20-39-36-26(16-21-4-2-1-3-5-21)24-8-11-27(33-18-24)34-19-28(37)35-17-22-12-14-38-15-13-22/h1-11,18,22H,12-17,19-20H2,(H,33,34)(H,35,37). The summed E-state index contributed by atoms with van der Waals surface area (Å²) in [5.41, 5.74) is 2.20. The summed E-state index contributed by atoms with van der Waals surface area (Å²) in [6.07, 6.45) is -0.360. The van der Waals surface area contributed by atoms with Gasteiger partial charge in [0, 0.05) is 37.9 Å². The summed E-state index contributed by atoms with van der Waals surface area (Å²) in [6, 6.07) is 18.1. The van der Waals surface area contributed by atoms with E-state index in [4.69, 9.17) is 9.57 Å². The van der Waals surface area contributed by atoms with Gasteiger partial charge in [-0.15, -0.1) is 0 Å². The molecule has 206 valence electrons. The lowest BCUT2D eigenvalue weighted by Crippen LogP contribution is -2.35. The Kier molecular flexibility index (Phi) is 9.91. The molecule has 0 unspecified atom stereocenters. The van der Waals surface area contributed by atoms with E-state index in [0.717, 1.165) is 49.3 Å². The molecule has 0 spiro atoms. The molecule has 1 saturated heterocycles. The van der Waals surface area contributed by atoms with Crippen LogP contribution >= 0.6 is 0 Å². The molecule has 3 aromatic rings. The van der Waals surface area contributed by atoms with Gasteiger partial charge in [-0.1, -0.05) is 47.6 Å². The van der Waals surface area contributed by atoms with Crippen LogP contribution in [0.3, 0.4) is 0 Å². The van der Waals surface area contributed by atoms with Gasteiger partial charge in [0.15, 0.2) is 0 Å². The van der Waals surface area contributed by atoms with Crippen molar-refractivity contribution in [2.24, 2.45) is 11.1 Å². The Morgan fingerprint density at radius 3 is 2.41 bits per heavy atom. The quantitative estimate of drug-likeness (QED) is 0.257. The van der Waals surface area contributed by atoms with Crippen LogP contribution < -0.4 is 10.6 Å². The number of benzene rings is 2. The van der Waals surface area contributed by atoms with Crippen LogP contribution in [0.1, 0.15) is 35.1 Å². The number of oxime groups is 1. The van der Waals surface area contributed by atoms with Crippen LogP contribution in [0.2, 0.25) is 0 Å². The number of aromatic nitrogens is 1. The van der Waals surface area contributed by atoms with E-state index >= 15 is 0 Å². The van der Waals surface area contributed by atoms with Crippen molar-refractivity contribution in [1.29, 1.82) is 0 Å². The summed E-state index contributed by atoms with van der Waals surface area (Å²) in [5.74, 6) is 0.893. The molecule has 2 N–H and O–H groups in total. The molecule has 0 radical (unpaired) electrons. The number of nitrogens with one attached hydrogen (secondary N) is 2. The highest BCUT2D eigenvalue weighted by Gasteiger charge is 2.29. The largest absolute Gasteiger partial charge is 0.416 e. The number of halogens is 3. The molecule has 0 saturated carbocycles. The first-order valence-electron chi connectivity index (χ1n) is 12.8. The first kappa shape index (κ1) is 28.1. The number of amides is 1. The van der Waals surface area contributed by atoms with Crippen molar-refractivity contribution in [1.82, 2.24) is 10.3 Å². The molecule has 1 fully saturated rings. The Morgan fingerprint density at radius 2 is 1.74 bits per heavy atom. The number of alkyl halides is 3. The number of anilines is 1. The van der Waals surface area contributed by atoms with Gasteiger partial charge in [0.2, 0.25) is 5.91 Å². The lowest BCUT2D eigenvalue weighted by atomic mass is 10.0. The summed E-state index contributed by atoms with van der Waals surface area (Å²) in [7, 11) is 0. The van der Waals surface area contributed by atoms with Crippen LogP contribution in [0, 0.1) is 5.92 Å². The predicted octanol–water partition coefficient (Wildman–Crippen LogP) is 5.22. The summed E-state index contributed by atoms with van der Waals surface area (Å²) in [5, 5.41) is 10.3. The van der Waals surface area contributed by atoms with E-state index in [9.17, 15) is 18.0 Å². The molecular formula is C29H31F3N4O3. The normalized spacial score (nSPS) is 14.6. The fourth-order valence-electron chi connectivity index (χ4n) is 4.06. The molecule has 7 nitrogen and oxygen atoms in total. The van der Waals surface area contributed by atoms with Crippen molar-refractivity contribution in [2.75, 3.05) is 31.6 Å². The van der Waals surface area contributed by atoms with Crippen molar-refractivity contribution >= 4 is 17.4 Å². The zero-order valence-electron chi connectivity index (χ0n) is 21.4. The fraction of sp³-hybridized carbons (Fsp3) is 0.345. The highest BCUT2D eigenvalue weighted by Crippen LogP contribution is 2.29. The molecule has 1 aliphatic rings. The maximum atomic E-state index is 12.8. The Bertz CT molecular complexity index is 1210. The van der Waals surface area contributed by atoms with Gasteiger partial charge in [-0.25, -0.2) is 4.98 Å². The first-order chi connectivity index (χ1) is 18.9. The van der Waals surface area contributed by atoms with Gasteiger partial charge >= 0.3 is 6.18 Å². The number of ether oxygens (including phenoxy) is 1. The molecule has 4 rings (SSSR count). The van der Waals surface area contributed by atoms with Crippen LogP contribution in [-0.2, 0) is 33.6 Å². The van der Waals surface area contributed by atoms with Crippen LogP contribution in [0.5, 0.6) is 0 Å². The van der Waals surface area contributed by atoms with Crippen LogP contribution in [0.4, 0.5) is 19.0 Å². The third kappa shape index (κ3) is 9.10. The molecule has 2 aromatic carbocycles. The highest BCUT2D eigenvalue weighted by atomic mass is 19.4. The van der Waals surface area contributed by atoms with Crippen molar-refractivity contribution < 1.29 is 27.5 Å². The molecule has 0 aliphatic carbocycles. The number of pyridine rings is 1. The van der Waals surface area contributed by atoms with Gasteiger partial charge in [-0.2, -0.15) is 13.2 Å². The van der Waals surface area contributed by atoms with E-state index in [1.165, 1.54) is 12.1 Å². The first-order valence-corrected chi connectivity index (χ1v) is 12.8. The summed E-state index contributed by atoms with van der Waals surface area (Å²) >= 11 is 0. The molecule has 2 heterocycles. The van der Waals surface area contributed by atoms with E-state index in [2.05, 4.69) is 20.8 Å². The Labute approximate surface area is 225 Å². The molecule has 0 atom stereocenters. The topological polar surface area (TPSA) is 84.8 Å². The van der Waals surface area contributed by atoms with Crippen LogP contribution in [0.15, 0.2) is 78.1 Å². The second kappa shape index (κ2) is 13.7. The molecular weight excluding hydrogens is 509 g/mol. The molecule has 1 amide bonds. The number of carbonyl (C=O) groups is 1. The summed E-state index contributed by atoms with van der Waals surface area (Å²) < 4.78 is 43.8. The summed E-state index contributed by atoms with van der Waals surface area (Å²) in [6.45, 7) is 2.25. The zero-order valence-corrected chi connectivity index (χ0v) is 21.4. The average Bonchev–Trinajstić information content (AvgIpc) is 2.96. The molecule has 10 heteroatoms. The van der Waals surface area contributed by atoms with Gasteiger partial charge in [0.25, 0.3) is 0 Å². The molecule has 1 aromatic heterocycles. The summed E-state index contributed by atoms with van der Waals surface area (Å²) in [4.78, 5) is 22.2. The molecule has 1 aliphatic heterocycles. The number of nitrogens with zero attached hydrogens (tertiary/aromatic N) is 2. The maximum Gasteiger partial charge on any atom is 0.416 e. The fourth-order valence-corrected chi connectivity index (χ4v) is 4.06. The Hall–Kier alpha value is -3.92. The van der Waals surface area contributed by atoms with Gasteiger partial charge in [-0.3, -0.25) is 4.79 Å². The van der Waals surface area contributed by atoms with Crippen molar-refractivity contribution in [3.8, 4) is 0 Å². The van der Waals surface area contributed by atoms with E-state index in [1.807, 2.05) is 36.4 Å². The Balaban J connectivity index is 1.35. The van der Waals surface area contributed by atoms with E-state index < -0.39 is 11.7 Å². The zero-order chi connectivity index (χ0) is 27.5. The molecule has 39 heavy (non-hydrogen) atoms. The average molecular weight is 541 g/mol. The number of hydrogen-bond donors (Lipinski definition) is 2. The minimum Gasteiger partial charge on any atom is -0.391 e. The van der Waals surface area contributed by atoms with Crippen molar-refractivity contribution in [3.63, 3.8) is 0 Å². The lowest BCUT2D eigenvalue weighted by molar-refractivity contribution is -0.137. The van der Waals surface area contributed by atoms with E-state index in [-0.39, 0.29) is 19.1 Å². The minimum absolute atomic E-state index is 0.0203. The third-order valence-electron chi connectivity index (χ3n) is 6.36. The van der Waals surface area contributed by atoms with Crippen molar-refractivity contribution in [2.45, 2.75) is 32.0 Å². The lowest BCUT2D eigenvalue weighted by Gasteiger charge is -2.22. The van der Waals surface area contributed by atoms with Gasteiger partial charge in [0.1, 0.15) is 12.4 Å². The van der Waals surface area contributed by atoms with Crippen LogP contribution in [0.25, 0.3) is 0 Å². The van der Waals surface area contributed by atoms with Crippen LogP contribution in [-0.4, -0.2) is 42.9 Å². The van der Waals surface area contributed by atoms with E-state index in [0.29, 0.717) is 36.0 Å². The minimum atomic E-state index is -4.39. The number of hydrogen-bond acceptors (Lipinski definition) is 6. The predicted molar refractivity (Wildman–Crippen MR) is 142 cm³/mol. The van der Waals surface area contributed by atoms with Gasteiger partial charge in [0.05, 0.1) is 17.8 Å². The van der Waals surface area contributed by atoms with Crippen molar-refractivity contribution in [3.05, 3.63) is 95.2 Å². The Morgan fingerprint density at radius 1 is 1.00 bits per heavy atom. The highest BCUT2D eigenvalue weighted by molar-refractivity contribution is 6.01. The smallest absolute Gasteiger partial charge is 0.391 e. The van der Waals surface area contributed by atoms with Gasteiger partial charge in [-0.05, 0) is 54.2 Å². The SMILES string of the molecule is O=C(CNc1ccc(C(Cc2ccccc2)=NOCc2ccc(C(F)(F)F)cc2)cn1)NCC1CCOCC1. The monoisotopic (exact) mass is 540 g/mol. The number of carbonyl (C=O) groups excluding carboxylic acids is 1. The second-order valence-electron chi connectivity index (χ2n) is 9.31. The maximum absolute atomic E-state index is 12.8. The number of rotatable bonds is 11. The molecule has 0 bridgehead atoms. The second-order valence-corrected chi connectivity index (χ2v) is 9.31. The van der Waals surface area contributed by atoms with Gasteiger partial charge < -0.3 is 20.2 Å². The van der Waals surface area contributed by atoms with E-state index in [1.54, 1.807) is 12.3 Å².